The van der Waals surface area contributed by atoms with Gasteiger partial charge in [-0.15, -0.1) is 0 Å². The number of aliphatic hydroxyl groups is 2. The molecule has 18 aliphatic carbocycles. The molecule has 24 atom stereocenters. The van der Waals surface area contributed by atoms with Gasteiger partial charge < -0.3 is 76.5 Å². The normalized spacial score (nSPS) is 36.1. The molecule has 2 N–H and O–H groups in total. The highest BCUT2D eigenvalue weighted by molar-refractivity contribution is 7.88. The lowest BCUT2D eigenvalue weighted by atomic mass is 9.52. The molecule has 4 aliphatic heterocycles. The van der Waals surface area contributed by atoms with E-state index in [1.807, 2.05) is 62.3 Å². The molecule has 0 amide bonds. The molecule has 36 nitrogen and oxygen atoms in total. The van der Waals surface area contributed by atoms with E-state index < -0.39 is 162 Å². The standard InChI is InChI=1S/C16H22O6.C16H26O3.C15H22O7S.C14H16O6.C14H20O3.C13H16O7S.C12H22O2.C10H16O2/c1-4-16(2,3)15(19)20-7-11(17)21-12-8-5-9-10(6-8)14(18)22-13(9)12;1-4-14(2,3)13(17)19-16-8-11-5-12(9-16)7-15(18,6-11)10-16;1-4-15(2,3)14(17)20-7-11(16)21-12-8-5-9-10(6-8)23(18,19)22-13(9)12;1-6(2)13(16)18-5-10(15)19-11-7-3-8-9(4-7)14(17)20-12(8)11;1-9(2)12(15)17-14-6-10-3-11(7-14)5-13(16,4-10)8-14;1-6(2)13(15)18-5-10(14)19-11-7-3-8-9(4-7)21(16,17)20-12(8)11;1-5-11(2,3)10(13)14-12(4)8-6-7-9-12;1-8(2)9(11)12-10(3)6-4-5-7-10/h8-10,12-13H,4-7H2,1-3H3;11-12,18H,4-10H2,1-3H3;8-10,12-13H,4-7H2,1-3H3;7-9,11-12H,1,3-5H2,2H3;10-11,16H,1,3-8H2,2H3;7-9,11-12H,1,3-5H2,2H3;5-9H2,1-4H3;1,4-7H2,2-3H3. The van der Waals surface area contributed by atoms with E-state index in [2.05, 4.69) is 33.2 Å². The summed E-state index contributed by atoms with van der Waals surface area (Å²) in [5.41, 5.74) is -2.91. The van der Waals surface area contributed by atoms with Crippen molar-refractivity contribution in [2.45, 2.75) is 423 Å². The highest BCUT2D eigenvalue weighted by Gasteiger charge is 2.70. The average molecular weight is 2120 g/mol. The molecule has 22 aliphatic rings. The van der Waals surface area contributed by atoms with Gasteiger partial charge in [0, 0.05) is 82.5 Å². The molecule has 22 rings (SSSR count). The summed E-state index contributed by atoms with van der Waals surface area (Å²) in [6.07, 6.45) is 24.6. The van der Waals surface area contributed by atoms with Gasteiger partial charge in [0.2, 0.25) is 0 Å². The summed E-state index contributed by atoms with van der Waals surface area (Å²) in [6.45, 7) is 45.2. The van der Waals surface area contributed by atoms with Crippen molar-refractivity contribution in [3.8, 4) is 0 Å². The number of hydrogen-bond acceptors (Lipinski definition) is 36. The van der Waals surface area contributed by atoms with Crippen LogP contribution >= 0.6 is 0 Å². The van der Waals surface area contributed by atoms with Crippen LogP contribution in [-0.4, -0.2) is 230 Å². The van der Waals surface area contributed by atoms with Crippen LogP contribution < -0.4 is 0 Å². The first-order chi connectivity index (χ1) is 68.8. The van der Waals surface area contributed by atoms with Crippen LogP contribution in [0.2, 0.25) is 0 Å². The van der Waals surface area contributed by atoms with E-state index in [-0.39, 0.29) is 153 Å². The molecule has 4 saturated heterocycles. The van der Waals surface area contributed by atoms with Crippen molar-refractivity contribution >= 4 is 104 Å². The minimum atomic E-state index is -3.53. The van der Waals surface area contributed by atoms with Gasteiger partial charge >= 0.3 is 83.6 Å². The third kappa shape index (κ3) is 26.3. The molecule has 16 bridgehead atoms. The van der Waals surface area contributed by atoms with Crippen LogP contribution in [0.15, 0.2) is 48.6 Å². The summed E-state index contributed by atoms with van der Waals surface area (Å²) >= 11 is 0. The van der Waals surface area contributed by atoms with Crippen LogP contribution in [0, 0.1) is 105 Å². The maximum absolute atomic E-state index is 12.4. The second-order valence-electron chi connectivity index (χ2n) is 49.6. The van der Waals surface area contributed by atoms with Gasteiger partial charge in [0.25, 0.3) is 20.2 Å². The first kappa shape index (κ1) is 116. The molecule has 0 aromatic heterocycles. The van der Waals surface area contributed by atoms with Crippen LogP contribution in [0.3, 0.4) is 0 Å². The molecule has 22 fully saturated rings. The molecule has 0 aromatic rings. The van der Waals surface area contributed by atoms with Crippen LogP contribution in [0.4, 0.5) is 0 Å². The maximum Gasteiger partial charge on any atom is 0.344 e. The Bertz CT molecular complexity index is 5310. The first-order valence-electron chi connectivity index (χ1n) is 53.6. The molecule has 0 radical (unpaired) electrons. The lowest BCUT2D eigenvalue weighted by molar-refractivity contribution is -0.225. The van der Waals surface area contributed by atoms with Gasteiger partial charge in [-0.05, 0) is 313 Å². The van der Waals surface area contributed by atoms with E-state index in [0.29, 0.717) is 86.2 Å². The van der Waals surface area contributed by atoms with Crippen LogP contribution in [0.25, 0.3) is 0 Å². The van der Waals surface area contributed by atoms with Crippen molar-refractivity contribution < 1.29 is 169 Å². The Morgan fingerprint density at radius 2 is 0.628 bits per heavy atom. The fourth-order valence-electron chi connectivity index (χ4n) is 26.9. The fraction of sp³-hybridized carbons (Fsp3) is 0.800. The van der Waals surface area contributed by atoms with Gasteiger partial charge in [0.15, 0.2) is 26.4 Å². The smallest absolute Gasteiger partial charge is 0.344 e. The highest BCUT2D eigenvalue weighted by atomic mass is 32.2. The summed E-state index contributed by atoms with van der Waals surface area (Å²) in [7, 11) is -7.05. The molecule has 18 saturated carbocycles. The lowest BCUT2D eigenvalue weighted by Gasteiger charge is -2.59. The Morgan fingerprint density at radius 1 is 0.351 bits per heavy atom. The third-order valence-corrected chi connectivity index (χ3v) is 39.3. The van der Waals surface area contributed by atoms with E-state index >= 15 is 0 Å². The van der Waals surface area contributed by atoms with Crippen LogP contribution in [0.1, 0.15) is 330 Å². The molecular weight excluding hydrogens is 1960 g/mol. The summed E-state index contributed by atoms with van der Waals surface area (Å²) in [4.78, 5) is 164. The van der Waals surface area contributed by atoms with Crippen molar-refractivity contribution in [1.82, 2.24) is 0 Å². The predicted octanol–water partition coefficient (Wildman–Crippen LogP) is 14.2. The van der Waals surface area contributed by atoms with Crippen LogP contribution in [0.5, 0.6) is 0 Å². The molecule has 38 heteroatoms. The van der Waals surface area contributed by atoms with Crippen molar-refractivity contribution in [1.29, 1.82) is 0 Å². The van der Waals surface area contributed by atoms with Crippen molar-refractivity contribution in [2.24, 2.45) is 105 Å². The minimum Gasteiger partial charge on any atom is -0.459 e. The Balaban J connectivity index is 0.000000142. The summed E-state index contributed by atoms with van der Waals surface area (Å²) in [6, 6.07) is 0. The number of esters is 14. The summed E-state index contributed by atoms with van der Waals surface area (Å²) in [5, 5.41) is 20.3. The highest BCUT2D eigenvalue weighted by Crippen LogP contribution is 2.64. The molecule has 0 aromatic carbocycles. The zero-order chi connectivity index (χ0) is 109. The van der Waals surface area contributed by atoms with Gasteiger partial charge in [-0.2, -0.15) is 16.8 Å². The average Bonchev–Trinajstić information content (AvgIpc) is 1.44. The number of rotatable bonds is 28. The number of fused-ring (bicyclic) bond motifs is 4. The fourth-order valence-corrected chi connectivity index (χ4v) is 30.7. The maximum atomic E-state index is 12.4. The third-order valence-electron chi connectivity index (χ3n) is 35.7. The lowest BCUT2D eigenvalue weighted by Crippen LogP contribution is -2.61. The van der Waals surface area contributed by atoms with E-state index in [1.54, 1.807) is 41.5 Å². The van der Waals surface area contributed by atoms with E-state index in [1.165, 1.54) is 52.4 Å². The van der Waals surface area contributed by atoms with Crippen molar-refractivity contribution in [3.05, 3.63) is 48.6 Å². The van der Waals surface area contributed by atoms with Gasteiger partial charge in [-0.25, -0.2) is 38.4 Å². The number of hydrogen-bond donors (Lipinski definition) is 2. The summed E-state index contributed by atoms with van der Waals surface area (Å²) in [5.74, 6) is -2.92. The van der Waals surface area contributed by atoms with E-state index in [9.17, 15) is 94.2 Å². The second kappa shape index (κ2) is 44.8. The molecule has 148 heavy (non-hydrogen) atoms. The number of carbonyl (C=O) groups is 14. The van der Waals surface area contributed by atoms with E-state index in [4.69, 9.17) is 74.7 Å². The SMILES string of the molecule is C=C(C)C(=O)OC1(C)CCCC1.C=C(C)C(=O)OC12CC3CC(CC(O)(C3)C1)C2.C=C(C)C(=O)OCC(=O)OC1C2CC3C(=O)OC1C3C2.C=C(C)C(=O)OCC(=O)OC1C2CC3C1OS(=O)(=O)C3C2.CCC(C)(C)C(=O)OC1(C)CCCC1.CCC(C)(C)C(=O)OC12CC3CC(CC(O)(C3)C1)C2.CCC(C)(C)C(=O)OCC(=O)OC1C2CC3C(=O)OC1C3C2.CCC(C)(C)C(=O)OCC(=O)OC1C2CC3C1OS(=O)(=O)C3C2. The largest absolute Gasteiger partial charge is 0.459 e. The van der Waals surface area contributed by atoms with Gasteiger partial charge in [0.05, 0.1) is 55.2 Å². The van der Waals surface area contributed by atoms with Gasteiger partial charge in [-0.1, -0.05) is 54.0 Å². The minimum absolute atomic E-state index is 0.00284. The van der Waals surface area contributed by atoms with Gasteiger partial charge in [0.1, 0.15) is 71.2 Å². The van der Waals surface area contributed by atoms with E-state index in [0.717, 1.165) is 116 Å². The second-order valence-corrected chi connectivity index (χ2v) is 53.2. The predicted molar refractivity (Wildman–Crippen MR) is 528 cm³/mol. The van der Waals surface area contributed by atoms with Crippen molar-refractivity contribution in [2.75, 3.05) is 26.4 Å². The monoisotopic (exact) mass is 2120 g/mol. The Morgan fingerprint density at radius 3 is 0.946 bits per heavy atom. The number of carbonyl (C=O) groups excluding carboxylic acids is 14. The quantitative estimate of drug-likeness (QED) is 0.0318. The molecule has 828 valence electrons. The Labute approximate surface area is 870 Å². The molecule has 0 spiro atoms. The zero-order valence-electron chi connectivity index (χ0n) is 89.7. The molecule has 4 heterocycles. The Hall–Kier alpha value is -8.72. The number of ether oxygens (including phenoxy) is 14. The van der Waals surface area contributed by atoms with Crippen LogP contribution in [-0.2, 0) is 162 Å². The topological polar surface area (TPSA) is 495 Å². The molecule has 24 unspecified atom stereocenters. The van der Waals surface area contributed by atoms with Gasteiger partial charge in [-0.3, -0.25) is 37.1 Å². The van der Waals surface area contributed by atoms with Crippen molar-refractivity contribution in [3.63, 3.8) is 0 Å². The summed E-state index contributed by atoms with van der Waals surface area (Å²) < 4.78 is 131. The Kier molecular flexibility index (Phi) is 35.2. The first-order valence-corrected chi connectivity index (χ1v) is 56.5. The zero-order valence-corrected chi connectivity index (χ0v) is 91.4. The molecular formula is C110H160O36S2.